The van der Waals surface area contributed by atoms with Crippen LogP contribution in [0, 0.1) is 0 Å². The predicted molar refractivity (Wildman–Crippen MR) is 147 cm³/mol. The van der Waals surface area contributed by atoms with Gasteiger partial charge < -0.3 is 37.5 Å². The average molecular weight is 524 g/mol. The molecule has 1 saturated heterocycles. The molecule has 3 amide bonds. The molecule has 204 valence electrons. The molecule has 1 aliphatic heterocycles. The Bertz CT molecular complexity index is 1080. The number of methoxy groups -OCH3 is 1. The highest BCUT2D eigenvalue weighted by atomic mass is 16.5. The molecule has 38 heavy (non-hydrogen) atoms. The van der Waals surface area contributed by atoms with Crippen molar-refractivity contribution in [2.45, 2.75) is 50.2 Å². The second kappa shape index (κ2) is 14.6. The highest BCUT2D eigenvalue weighted by molar-refractivity contribution is 5.98. The Morgan fingerprint density at radius 1 is 1.03 bits per heavy atom. The summed E-state index contributed by atoms with van der Waals surface area (Å²) in [4.78, 5) is 43.5. The average Bonchev–Trinajstić information content (AvgIpc) is 3.46. The Kier molecular flexibility index (Phi) is 10.9. The number of benzene rings is 2. The fraction of sp³-hybridized carbons (Fsp3) is 0.407. The van der Waals surface area contributed by atoms with Crippen molar-refractivity contribution in [3.05, 3.63) is 60.2 Å². The maximum absolute atomic E-state index is 13.5. The van der Waals surface area contributed by atoms with Crippen molar-refractivity contribution >= 4 is 29.4 Å². The Hall–Kier alpha value is -4.12. The molecule has 8 N–H and O–H groups in total. The van der Waals surface area contributed by atoms with Crippen LogP contribution in [-0.2, 0) is 20.8 Å². The SMILES string of the molecule is COc1ccc(NC(=O)[C@H](CCCN=C(N)N)NC(=O)[C@H](Cc2ccccc2)NC(=O)[C@@H]2CCCN2)cc1. The molecule has 3 rings (SSSR count). The molecule has 0 spiro atoms. The molecule has 0 saturated carbocycles. The number of rotatable bonds is 13. The number of ether oxygens (including phenoxy) is 1. The molecule has 0 aliphatic carbocycles. The quantitative estimate of drug-likeness (QED) is 0.127. The van der Waals surface area contributed by atoms with E-state index in [0.29, 0.717) is 37.2 Å². The van der Waals surface area contributed by atoms with Gasteiger partial charge in [0.05, 0.1) is 13.2 Å². The molecule has 0 bridgehead atoms. The van der Waals surface area contributed by atoms with Crippen LogP contribution in [0.4, 0.5) is 5.69 Å². The predicted octanol–water partition coefficient (Wildman–Crippen LogP) is 0.652. The van der Waals surface area contributed by atoms with Crippen LogP contribution < -0.4 is 37.5 Å². The lowest BCUT2D eigenvalue weighted by molar-refractivity contribution is -0.131. The zero-order chi connectivity index (χ0) is 27.3. The molecule has 0 unspecified atom stereocenters. The number of carbonyl (C=O) groups is 3. The van der Waals surface area contributed by atoms with Gasteiger partial charge in [0, 0.05) is 18.7 Å². The van der Waals surface area contributed by atoms with Crippen LogP contribution in [0.3, 0.4) is 0 Å². The molecule has 1 fully saturated rings. The minimum absolute atomic E-state index is 0.0422. The number of nitrogens with two attached hydrogens (primary N) is 2. The standard InChI is InChI=1S/C27H37N7O4/c1-38-20-13-11-19(12-14-20)32-25(36)22(10-6-16-31-27(28)29)33-26(37)23(17-18-7-3-2-4-8-18)34-24(35)21-9-5-15-30-21/h2-4,7-8,11-14,21-23,30H,5-6,9-10,15-17H2,1H3,(H,32,36)(H,33,37)(H,34,35)(H4,28,29,31)/t21-,22-,23-/m0/s1. The summed E-state index contributed by atoms with van der Waals surface area (Å²) >= 11 is 0. The van der Waals surface area contributed by atoms with Crippen LogP contribution in [0.15, 0.2) is 59.6 Å². The number of carbonyl (C=O) groups excluding carboxylic acids is 3. The third-order valence-corrected chi connectivity index (χ3v) is 6.23. The van der Waals surface area contributed by atoms with E-state index in [1.54, 1.807) is 31.4 Å². The minimum atomic E-state index is -0.876. The maximum Gasteiger partial charge on any atom is 0.246 e. The molecule has 0 aromatic heterocycles. The van der Waals surface area contributed by atoms with Crippen molar-refractivity contribution in [3.8, 4) is 5.75 Å². The Labute approximate surface area is 222 Å². The van der Waals surface area contributed by atoms with Gasteiger partial charge in [0.1, 0.15) is 17.8 Å². The number of anilines is 1. The third kappa shape index (κ3) is 9.07. The number of aliphatic imine (C=N–C) groups is 1. The summed E-state index contributed by atoms with van der Waals surface area (Å²) in [7, 11) is 1.56. The molecule has 3 atom stereocenters. The van der Waals surface area contributed by atoms with Crippen molar-refractivity contribution in [1.29, 1.82) is 0 Å². The molecular weight excluding hydrogens is 486 g/mol. The van der Waals surface area contributed by atoms with E-state index in [2.05, 4.69) is 26.3 Å². The highest BCUT2D eigenvalue weighted by Gasteiger charge is 2.30. The van der Waals surface area contributed by atoms with Crippen molar-refractivity contribution in [1.82, 2.24) is 16.0 Å². The Morgan fingerprint density at radius 3 is 2.39 bits per heavy atom. The van der Waals surface area contributed by atoms with Gasteiger partial charge in [-0.1, -0.05) is 30.3 Å². The van der Waals surface area contributed by atoms with Gasteiger partial charge in [-0.15, -0.1) is 0 Å². The molecular formula is C27H37N7O4. The Morgan fingerprint density at radius 2 is 1.76 bits per heavy atom. The summed E-state index contributed by atoms with van der Waals surface area (Å²) in [5.74, 6) is -0.460. The van der Waals surface area contributed by atoms with Crippen LogP contribution in [0.25, 0.3) is 0 Å². The minimum Gasteiger partial charge on any atom is -0.497 e. The van der Waals surface area contributed by atoms with Gasteiger partial charge in [0.15, 0.2) is 5.96 Å². The molecule has 1 aliphatic rings. The molecule has 0 radical (unpaired) electrons. The van der Waals surface area contributed by atoms with Crippen molar-refractivity contribution in [2.24, 2.45) is 16.5 Å². The van der Waals surface area contributed by atoms with Crippen molar-refractivity contribution < 1.29 is 19.1 Å². The van der Waals surface area contributed by atoms with Gasteiger partial charge in [-0.2, -0.15) is 0 Å². The fourth-order valence-electron chi connectivity index (χ4n) is 4.19. The first kappa shape index (κ1) is 28.5. The first-order valence-electron chi connectivity index (χ1n) is 12.7. The van der Waals surface area contributed by atoms with E-state index in [-0.39, 0.29) is 24.3 Å². The maximum atomic E-state index is 13.5. The summed E-state index contributed by atoms with van der Waals surface area (Å²) in [6, 6.07) is 14.2. The van der Waals surface area contributed by atoms with Gasteiger partial charge in [0.25, 0.3) is 0 Å². The van der Waals surface area contributed by atoms with E-state index in [9.17, 15) is 14.4 Å². The number of guanidine groups is 1. The monoisotopic (exact) mass is 523 g/mol. The summed E-state index contributed by atoms with van der Waals surface area (Å²) in [6.45, 7) is 1.07. The normalized spacial score (nSPS) is 16.1. The number of nitrogens with zero attached hydrogens (tertiary/aromatic N) is 1. The highest BCUT2D eigenvalue weighted by Crippen LogP contribution is 2.16. The lowest BCUT2D eigenvalue weighted by Crippen LogP contribution is -2.55. The second-order valence-corrected chi connectivity index (χ2v) is 9.13. The van der Waals surface area contributed by atoms with Crippen LogP contribution in [0.2, 0.25) is 0 Å². The largest absolute Gasteiger partial charge is 0.497 e. The summed E-state index contributed by atoms with van der Waals surface area (Å²) in [5.41, 5.74) is 12.3. The first-order chi connectivity index (χ1) is 18.4. The van der Waals surface area contributed by atoms with E-state index in [1.165, 1.54) is 0 Å². The number of hydrogen-bond donors (Lipinski definition) is 6. The van der Waals surface area contributed by atoms with Crippen molar-refractivity contribution in [2.75, 3.05) is 25.5 Å². The van der Waals surface area contributed by atoms with E-state index < -0.39 is 23.9 Å². The molecule has 2 aromatic rings. The van der Waals surface area contributed by atoms with E-state index in [1.807, 2.05) is 30.3 Å². The topological polar surface area (TPSA) is 173 Å². The van der Waals surface area contributed by atoms with E-state index >= 15 is 0 Å². The zero-order valence-corrected chi connectivity index (χ0v) is 21.6. The molecule has 2 aromatic carbocycles. The van der Waals surface area contributed by atoms with Crippen molar-refractivity contribution in [3.63, 3.8) is 0 Å². The fourth-order valence-corrected chi connectivity index (χ4v) is 4.19. The first-order valence-corrected chi connectivity index (χ1v) is 12.7. The lowest BCUT2D eigenvalue weighted by atomic mass is 10.0. The third-order valence-electron chi connectivity index (χ3n) is 6.23. The van der Waals surface area contributed by atoms with Gasteiger partial charge >= 0.3 is 0 Å². The van der Waals surface area contributed by atoms with E-state index in [4.69, 9.17) is 16.2 Å². The van der Waals surface area contributed by atoms with Crippen LogP contribution in [0.1, 0.15) is 31.2 Å². The molecule has 1 heterocycles. The second-order valence-electron chi connectivity index (χ2n) is 9.13. The number of amides is 3. The van der Waals surface area contributed by atoms with Crippen LogP contribution >= 0.6 is 0 Å². The van der Waals surface area contributed by atoms with Crippen LogP contribution in [0.5, 0.6) is 5.75 Å². The zero-order valence-electron chi connectivity index (χ0n) is 21.6. The summed E-state index contributed by atoms with van der Waals surface area (Å²) in [6.07, 6.45) is 2.65. The van der Waals surface area contributed by atoms with E-state index in [0.717, 1.165) is 18.5 Å². The smallest absolute Gasteiger partial charge is 0.246 e. The Balaban J connectivity index is 1.74. The van der Waals surface area contributed by atoms with Gasteiger partial charge in [-0.3, -0.25) is 19.4 Å². The molecule has 11 nitrogen and oxygen atoms in total. The number of nitrogens with one attached hydrogen (secondary N) is 4. The van der Waals surface area contributed by atoms with Gasteiger partial charge in [-0.25, -0.2) is 0 Å². The lowest BCUT2D eigenvalue weighted by Gasteiger charge is -2.24. The summed E-state index contributed by atoms with van der Waals surface area (Å²) in [5, 5.41) is 11.7. The van der Waals surface area contributed by atoms with Gasteiger partial charge in [-0.05, 0) is 62.1 Å². The van der Waals surface area contributed by atoms with Crippen LogP contribution in [-0.4, -0.2) is 62.0 Å². The van der Waals surface area contributed by atoms with Gasteiger partial charge in [0.2, 0.25) is 17.7 Å². The molecule has 11 heteroatoms. The number of hydrogen-bond acceptors (Lipinski definition) is 6. The summed E-state index contributed by atoms with van der Waals surface area (Å²) < 4.78 is 5.16.